The second-order valence-electron chi connectivity index (χ2n) is 1.15. The van der Waals surface area contributed by atoms with Crippen LogP contribution >= 0.6 is 0 Å². The van der Waals surface area contributed by atoms with Gasteiger partial charge >= 0.3 is 6.09 Å². The lowest BCUT2D eigenvalue weighted by Gasteiger charge is -2.10. The van der Waals surface area contributed by atoms with Gasteiger partial charge in [0.2, 0.25) is 0 Å². The van der Waals surface area contributed by atoms with Crippen LogP contribution in [0.5, 0.6) is 0 Å². The first-order valence-electron chi connectivity index (χ1n) is 2.08. The zero-order chi connectivity index (χ0) is 6.57. The minimum atomic E-state index is -0.507. The Kier molecular flexibility index (Phi) is 2.95. The topological polar surface area (TPSA) is 38.8 Å². The molecule has 48 valence electrons. The van der Waals surface area contributed by atoms with Gasteiger partial charge in [0.25, 0.3) is 0 Å². The number of hydrogen-bond donors (Lipinski definition) is 0. The van der Waals surface area contributed by atoms with E-state index in [1.165, 1.54) is 21.3 Å². The molecule has 0 aliphatic rings. The van der Waals surface area contributed by atoms with Crippen LogP contribution in [0.3, 0.4) is 0 Å². The fraction of sp³-hybridized carbons (Fsp3) is 0.750. The second-order valence-corrected chi connectivity index (χ2v) is 1.15. The summed E-state index contributed by atoms with van der Waals surface area (Å²) in [6, 6.07) is 0. The normalized spacial score (nSPS) is 8.38. The molecule has 0 bridgehead atoms. The molecule has 0 aliphatic heterocycles. The van der Waals surface area contributed by atoms with Crippen molar-refractivity contribution in [3.63, 3.8) is 0 Å². The number of hydrogen-bond acceptors (Lipinski definition) is 3. The van der Waals surface area contributed by atoms with Crippen LogP contribution in [0.25, 0.3) is 0 Å². The van der Waals surface area contributed by atoms with Crippen LogP contribution in [0.2, 0.25) is 0 Å². The second kappa shape index (κ2) is 3.26. The molecule has 8 heavy (non-hydrogen) atoms. The van der Waals surface area contributed by atoms with Crippen LogP contribution in [0.1, 0.15) is 0 Å². The van der Waals surface area contributed by atoms with Crippen molar-refractivity contribution in [1.29, 1.82) is 0 Å². The summed E-state index contributed by atoms with van der Waals surface area (Å²) in [5, 5.41) is 0.986. The quantitative estimate of drug-likeness (QED) is 0.464. The van der Waals surface area contributed by atoms with Gasteiger partial charge in [0.15, 0.2) is 0 Å². The molecule has 0 atom stereocenters. The average molecular weight is 119 g/mol. The fourth-order valence-corrected chi connectivity index (χ4v) is 0.203. The van der Waals surface area contributed by atoms with Gasteiger partial charge in [-0.3, -0.25) is 4.84 Å². The number of ether oxygens (including phenoxy) is 1. The highest BCUT2D eigenvalue weighted by Crippen LogP contribution is 1.84. The number of rotatable bonds is 1. The Morgan fingerprint density at radius 1 is 1.50 bits per heavy atom. The maximum atomic E-state index is 10.3. The highest BCUT2D eigenvalue weighted by molar-refractivity contribution is 5.65. The van der Waals surface area contributed by atoms with Crippen molar-refractivity contribution in [2.24, 2.45) is 0 Å². The Morgan fingerprint density at radius 2 is 2.00 bits per heavy atom. The highest BCUT2D eigenvalue weighted by atomic mass is 16.7. The number of nitrogens with zero attached hydrogens (tertiary/aromatic N) is 1. The molecule has 0 heterocycles. The maximum absolute atomic E-state index is 10.3. The van der Waals surface area contributed by atoms with E-state index >= 15 is 0 Å². The van der Waals surface area contributed by atoms with Gasteiger partial charge in [0, 0.05) is 7.05 Å². The van der Waals surface area contributed by atoms with Crippen molar-refractivity contribution in [2.45, 2.75) is 0 Å². The molecule has 0 aromatic rings. The first-order valence-corrected chi connectivity index (χ1v) is 2.08. The average Bonchev–Trinajstić information content (AvgIpc) is 1.84. The van der Waals surface area contributed by atoms with Crippen molar-refractivity contribution >= 4 is 6.09 Å². The van der Waals surface area contributed by atoms with Gasteiger partial charge in [-0.15, -0.1) is 0 Å². The molecular weight excluding hydrogens is 110 g/mol. The van der Waals surface area contributed by atoms with Gasteiger partial charge in [-0.1, -0.05) is 0 Å². The standard InChI is InChI=1S/C4H9NO3/c1-5(8-3)4(6)7-2/h1-3H3. The molecule has 0 fully saturated rings. The SMILES string of the molecule is COC(=O)N(C)OC. The lowest BCUT2D eigenvalue weighted by molar-refractivity contribution is -0.0863. The predicted octanol–water partition coefficient (Wildman–Crippen LogP) is 0.246. The lowest BCUT2D eigenvalue weighted by Crippen LogP contribution is -2.24. The maximum Gasteiger partial charge on any atom is 0.433 e. The Bertz CT molecular complexity index is 83.4. The fourth-order valence-electron chi connectivity index (χ4n) is 0.203. The van der Waals surface area contributed by atoms with Crippen LogP contribution in [-0.2, 0) is 9.57 Å². The van der Waals surface area contributed by atoms with E-state index in [2.05, 4.69) is 9.57 Å². The molecule has 0 aromatic carbocycles. The smallest absolute Gasteiger partial charge is 0.433 e. The third-order valence-electron chi connectivity index (χ3n) is 0.706. The molecule has 4 heteroatoms. The van der Waals surface area contributed by atoms with Gasteiger partial charge in [-0.25, -0.2) is 4.79 Å². The summed E-state index contributed by atoms with van der Waals surface area (Å²) in [6.07, 6.45) is -0.507. The minimum Gasteiger partial charge on any atom is -0.451 e. The summed E-state index contributed by atoms with van der Waals surface area (Å²) in [5.41, 5.74) is 0. The van der Waals surface area contributed by atoms with Crippen molar-refractivity contribution in [1.82, 2.24) is 5.06 Å². The van der Waals surface area contributed by atoms with Crippen molar-refractivity contribution in [3.8, 4) is 0 Å². The molecule has 0 aliphatic carbocycles. The highest BCUT2D eigenvalue weighted by Gasteiger charge is 2.03. The van der Waals surface area contributed by atoms with Crippen LogP contribution in [0.15, 0.2) is 0 Å². The zero-order valence-electron chi connectivity index (χ0n) is 5.17. The molecule has 0 saturated carbocycles. The van der Waals surface area contributed by atoms with Crippen molar-refractivity contribution in [2.75, 3.05) is 21.3 Å². The molecule has 4 nitrogen and oxygen atoms in total. The van der Waals surface area contributed by atoms with E-state index in [4.69, 9.17) is 0 Å². The molecule has 0 N–H and O–H groups in total. The minimum absolute atomic E-state index is 0.507. The molecular formula is C4H9NO3. The summed E-state index contributed by atoms with van der Waals surface area (Å²) in [6.45, 7) is 0. The molecule has 0 saturated heterocycles. The van der Waals surface area contributed by atoms with Gasteiger partial charge in [-0.2, -0.15) is 5.06 Å². The van der Waals surface area contributed by atoms with Crippen LogP contribution in [0.4, 0.5) is 4.79 Å². The molecule has 0 rings (SSSR count). The number of amides is 1. The summed E-state index contributed by atoms with van der Waals surface area (Å²) in [5.74, 6) is 0. The Morgan fingerprint density at radius 3 is 2.12 bits per heavy atom. The van der Waals surface area contributed by atoms with E-state index in [9.17, 15) is 4.79 Å². The molecule has 1 amide bonds. The number of carbonyl (C=O) groups excluding carboxylic acids is 1. The van der Waals surface area contributed by atoms with Gasteiger partial charge in [-0.05, 0) is 0 Å². The molecule has 0 unspecified atom stereocenters. The van der Waals surface area contributed by atoms with Crippen molar-refractivity contribution in [3.05, 3.63) is 0 Å². The molecule has 0 spiro atoms. The third-order valence-corrected chi connectivity index (χ3v) is 0.706. The van der Waals surface area contributed by atoms with Gasteiger partial charge in [0.1, 0.15) is 0 Å². The Hall–Kier alpha value is -0.770. The van der Waals surface area contributed by atoms with E-state index < -0.39 is 6.09 Å². The first-order chi connectivity index (χ1) is 3.72. The van der Waals surface area contributed by atoms with Crippen LogP contribution in [-0.4, -0.2) is 32.4 Å². The van der Waals surface area contributed by atoms with E-state index in [0.717, 1.165) is 5.06 Å². The zero-order valence-corrected chi connectivity index (χ0v) is 5.17. The first kappa shape index (κ1) is 7.23. The molecule has 0 aromatic heterocycles. The third kappa shape index (κ3) is 1.79. The monoisotopic (exact) mass is 119 g/mol. The van der Waals surface area contributed by atoms with Gasteiger partial charge in [0.05, 0.1) is 14.2 Å². The number of methoxy groups -OCH3 is 1. The summed E-state index contributed by atoms with van der Waals surface area (Å²) in [4.78, 5) is 14.8. The number of hydroxylamine groups is 2. The van der Waals surface area contributed by atoms with Crippen molar-refractivity contribution < 1.29 is 14.4 Å². The molecule has 0 radical (unpaired) electrons. The summed E-state index contributed by atoms with van der Waals surface area (Å²) < 4.78 is 4.26. The summed E-state index contributed by atoms with van der Waals surface area (Å²) >= 11 is 0. The van der Waals surface area contributed by atoms with E-state index in [1.807, 2.05) is 0 Å². The largest absolute Gasteiger partial charge is 0.451 e. The van der Waals surface area contributed by atoms with E-state index in [1.54, 1.807) is 0 Å². The summed E-state index contributed by atoms with van der Waals surface area (Å²) in [7, 11) is 4.14. The van der Waals surface area contributed by atoms with Crippen LogP contribution in [0, 0.1) is 0 Å². The Balaban J connectivity index is 3.46. The van der Waals surface area contributed by atoms with E-state index in [-0.39, 0.29) is 0 Å². The van der Waals surface area contributed by atoms with Gasteiger partial charge < -0.3 is 4.74 Å². The lowest BCUT2D eigenvalue weighted by atomic mass is 11.1. The van der Waals surface area contributed by atoms with E-state index in [0.29, 0.717) is 0 Å². The van der Waals surface area contributed by atoms with Crippen LogP contribution < -0.4 is 0 Å². The number of carbonyl (C=O) groups is 1. The predicted molar refractivity (Wildman–Crippen MR) is 27.2 cm³/mol. The Labute approximate surface area is 47.9 Å².